The van der Waals surface area contributed by atoms with Crippen LogP contribution in [0, 0.1) is 11.2 Å². The van der Waals surface area contributed by atoms with Crippen LogP contribution in [-0.2, 0) is 20.0 Å². The Bertz CT molecular complexity index is 1310. The van der Waals surface area contributed by atoms with Crippen LogP contribution >= 0.6 is 0 Å². The average molecular weight is 525 g/mol. The molecular formula is C25H27F3N2O5S. The summed E-state index contributed by atoms with van der Waals surface area (Å²) in [6, 6.07) is 5.94. The monoisotopic (exact) mass is 524 g/mol. The number of ether oxygens (including phenoxy) is 1. The van der Waals surface area contributed by atoms with Gasteiger partial charge in [-0.25, -0.2) is 26.6 Å². The minimum Gasteiger partial charge on any atom is -0.484 e. The largest absolute Gasteiger partial charge is 0.484 e. The van der Waals surface area contributed by atoms with Crippen LogP contribution < -0.4 is 9.64 Å². The van der Waals surface area contributed by atoms with Crippen LogP contribution in [0.1, 0.15) is 56.0 Å². The molecule has 0 atom stereocenters. The number of aromatic nitrogens is 1. The van der Waals surface area contributed by atoms with Gasteiger partial charge in [0.05, 0.1) is 28.8 Å². The number of hydrogen-bond acceptors (Lipinski definition) is 6. The lowest BCUT2D eigenvalue weighted by molar-refractivity contribution is -0.121. The molecule has 0 bridgehead atoms. The Balaban J connectivity index is 1.63. The van der Waals surface area contributed by atoms with Crippen molar-refractivity contribution < 1.29 is 35.9 Å². The van der Waals surface area contributed by atoms with Gasteiger partial charge < -0.3 is 4.74 Å². The van der Waals surface area contributed by atoms with E-state index < -0.39 is 45.3 Å². The number of fused-ring (bicyclic) bond motifs is 1. The first-order chi connectivity index (χ1) is 16.7. The summed E-state index contributed by atoms with van der Waals surface area (Å²) >= 11 is 0. The van der Waals surface area contributed by atoms with Crippen LogP contribution in [0.25, 0.3) is 0 Å². The molecule has 2 aromatic rings. The second-order valence-electron chi connectivity index (χ2n) is 10.2. The summed E-state index contributed by atoms with van der Waals surface area (Å²) < 4.78 is 67.5. The maximum atomic E-state index is 14.1. The van der Waals surface area contributed by atoms with Crippen LogP contribution in [0.3, 0.4) is 0 Å². The summed E-state index contributed by atoms with van der Waals surface area (Å²) in [4.78, 5) is 31.7. The summed E-state index contributed by atoms with van der Waals surface area (Å²) in [5, 5.41) is 0. The van der Waals surface area contributed by atoms with Crippen molar-refractivity contribution in [1.82, 2.24) is 4.98 Å². The van der Waals surface area contributed by atoms with E-state index >= 15 is 0 Å². The van der Waals surface area contributed by atoms with Gasteiger partial charge in [-0.15, -0.1) is 0 Å². The second-order valence-corrected chi connectivity index (χ2v) is 12.5. The molecule has 1 aromatic heterocycles. The number of benzene rings is 1. The lowest BCUT2D eigenvalue weighted by Gasteiger charge is -2.32. The Hall–Kier alpha value is -2.95. The van der Waals surface area contributed by atoms with Gasteiger partial charge in [0.15, 0.2) is 17.3 Å². The molecule has 7 nitrogen and oxygen atoms in total. The van der Waals surface area contributed by atoms with Crippen molar-refractivity contribution in [3.63, 3.8) is 0 Å². The second kappa shape index (κ2) is 9.17. The quantitative estimate of drug-likeness (QED) is 0.491. The maximum Gasteiger partial charge on any atom is 0.272 e. The summed E-state index contributed by atoms with van der Waals surface area (Å²) in [7, 11) is -3.06. The van der Waals surface area contributed by atoms with E-state index in [0.717, 1.165) is 12.3 Å². The number of rotatable bonds is 7. The third-order valence-corrected chi connectivity index (χ3v) is 8.64. The first-order valence-electron chi connectivity index (χ1n) is 11.5. The molecule has 0 saturated carbocycles. The minimum absolute atomic E-state index is 0.00694. The van der Waals surface area contributed by atoms with Crippen LogP contribution in [0.5, 0.6) is 5.75 Å². The van der Waals surface area contributed by atoms with Crippen LogP contribution in [-0.4, -0.2) is 49.6 Å². The third kappa shape index (κ3) is 4.98. The average Bonchev–Trinajstić information content (AvgIpc) is 3.01. The fraction of sp³-hybridized carbons (Fsp3) is 0.480. The van der Waals surface area contributed by atoms with E-state index in [1.807, 2.05) is 6.92 Å². The summed E-state index contributed by atoms with van der Waals surface area (Å²) in [5.74, 6) is -1.79. The lowest BCUT2D eigenvalue weighted by atomic mass is 9.78. The topological polar surface area (TPSA) is 93.6 Å². The Morgan fingerprint density at radius 3 is 2.47 bits per heavy atom. The summed E-state index contributed by atoms with van der Waals surface area (Å²) in [6.45, 7) is 4.28. The Kier molecular flexibility index (Phi) is 6.65. The van der Waals surface area contributed by atoms with Crippen molar-refractivity contribution in [2.75, 3.05) is 23.0 Å². The van der Waals surface area contributed by atoms with Gasteiger partial charge >= 0.3 is 0 Å². The smallest absolute Gasteiger partial charge is 0.272 e. The number of carbonyl (C=O) groups excluding carboxylic acids is 2. The molecule has 194 valence electrons. The zero-order valence-electron chi connectivity index (χ0n) is 20.2. The molecule has 1 aromatic carbocycles. The number of amides is 1. The molecule has 2 aliphatic rings. The highest BCUT2D eigenvalue weighted by atomic mass is 32.2. The third-order valence-electron chi connectivity index (χ3n) is 6.99. The molecule has 36 heavy (non-hydrogen) atoms. The van der Waals surface area contributed by atoms with E-state index in [1.54, 1.807) is 32.0 Å². The minimum atomic E-state index is -3.06. The number of sulfone groups is 1. The van der Waals surface area contributed by atoms with E-state index in [1.165, 1.54) is 4.90 Å². The molecule has 0 spiro atoms. The first-order valence-corrected chi connectivity index (χ1v) is 13.3. The number of ketones is 1. The zero-order chi connectivity index (χ0) is 26.5. The van der Waals surface area contributed by atoms with Crippen molar-refractivity contribution in [1.29, 1.82) is 0 Å². The molecule has 3 heterocycles. The highest BCUT2D eigenvalue weighted by Gasteiger charge is 2.46. The van der Waals surface area contributed by atoms with E-state index in [9.17, 15) is 31.2 Å². The zero-order valence-corrected chi connectivity index (χ0v) is 21.0. The van der Waals surface area contributed by atoms with Gasteiger partial charge in [0, 0.05) is 18.1 Å². The van der Waals surface area contributed by atoms with Gasteiger partial charge in [0.25, 0.3) is 6.43 Å². The predicted molar refractivity (Wildman–Crippen MR) is 127 cm³/mol. The molecule has 0 radical (unpaired) electrons. The number of Topliss-reactive ketones (excluding diaryl/α,β-unsaturated/α-hetero) is 1. The maximum absolute atomic E-state index is 14.1. The van der Waals surface area contributed by atoms with Crippen LogP contribution in [0.4, 0.5) is 24.7 Å². The molecule has 0 N–H and O–H groups in total. The Morgan fingerprint density at radius 2 is 1.83 bits per heavy atom. The molecule has 0 unspecified atom stereocenters. The number of hydrogen-bond donors (Lipinski definition) is 0. The fourth-order valence-corrected chi connectivity index (χ4v) is 6.44. The molecular weight excluding hydrogens is 497 g/mol. The van der Waals surface area contributed by atoms with E-state index in [0.29, 0.717) is 29.7 Å². The van der Waals surface area contributed by atoms with E-state index in [-0.39, 0.29) is 35.4 Å². The summed E-state index contributed by atoms with van der Waals surface area (Å²) in [5.41, 5.74) is -0.0644. The number of halogens is 3. The molecule has 4 rings (SSSR count). The highest BCUT2D eigenvalue weighted by Crippen LogP contribution is 2.46. The molecule has 0 aliphatic carbocycles. The molecule has 1 fully saturated rings. The fourth-order valence-electron chi connectivity index (χ4n) is 4.63. The van der Waals surface area contributed by atoms with Gasteiger partial charge in [0.2, 0.25) is 5.91 Å². The lowest BCUT2D eigenvalue weighted by Crippen LogP contribution is -2.33. The SMILES string of the molecule is CC1(CC(=O)c2ccc3c(c2)C(C)(C)C(=O)N3c2cc(OCC(F)F)c(F)cn2)CCS(=O)(=O)CC1. The predicted octanol–water partition coefficient (Wildman–Crippen LogP) is 4.61. The standard InChI is InChI=1S/C25H27F3N2O5S/c1-24(2)16-10-15(19(31)12-25(3)6-8-36(33,34)9-7-25)4-5-18(16)30(23(24)32)22-11-20(17(26)13-29-22)35-14-21(27)28/h4-5,10-11,13,21H,6-9,12,14H2,1-3H3. The normalized spacial score (nSPS) is 19.9. The molecule has 1 saturated heterocycles. The van der Waals surface area contributed by atoms with Crippen molar-refractivity contribution in [3.8, 4) is 5.75 Å². The van der Waals surface area contributed by atoms with Gasteiger partial charge in [-0.1, -0.05) is 6.92 Å². The Labute approximate surface area is 207 Å². The van der Waals surface area contributed by atoms with E-state index in [2.05, 4.69) is 4.98 Å². The first kappa shape index (κ1) is 26.1. The van der Waals surface area contributed by atoms with Crippen molar-refractivity contribution >= 4 is 33.0 Å². The van der Waals surface area contributed by atoms with Crippen molar-refractivity contribution in [3.05, 3.63) is 47.4 Å². The summed E-state index contributed by atoms with van der Waals surface area (Å²) in [6.07, 6.45) is -0.988. The molecule has 1 amide bonds. The number of carbonyl (C=O) groups is 2. The van der Waals surface area contributed by atoms with Gasteiger partial charge in [-0.2, -0.15) is 0 Å². The number of pyridine rings is 1. The number of alkyl halides is 2. The van der Waals surface area contributed by atoms with Crippen molar-refractivity contribution in [2.45, 2.75) is 51.9 Å². The van der Waals surface area contributed by atoms with Crippen molar-refractivity contribution in [2.24, 2.45) is 5.41 Å². The van der Waals surface area contributed by atoms with Crippen LogP contribution in [0.15, 0.2) is 30.5 Å². The van der Waals surface area contributed by atoms with Gasteiger partial charge in [0.1, 0.15) is 22.3 Å². The van der Waals surface area contributed by atoms with E-state index in [4.69, 9.17) is 4.74 Å². The Morgan fingerprint density at radius 1 is 1.17 bits per heavy atom. The highest BCUT2D eigenvalue weighted by molar-refractivity contribution is 7.91. The van der Waals surface area contributed by atoms with Gasteiger partial charge in [-0.3, -0.25) is 14.5 Å². The number of nitrogens with zero attached hydrogens (tertiary/aromatic N) is 2. The van der Waals surface area contributed by atoms with Crippen LogP contribution in [0.2, 0.25) is 0 Å². The number of anilines is 2. The molecule has 2 aliphatic heterocycles. The molecule has 11 heteroatoms. The van der Waals surface area contributed by atoms with Gasteiger partial charge in [-0.05, 0) is 55.9 Å².